The van der Waals surface area contributed by atoms with Crippen molar-refractivity contribution in [3.8, 4) is 0 Å². The molecular formula is C19H36O6. The van der Waals surface area contributed by atoms with Crippen LogP contribution >= 0.6 is 0 Å². The van der Waals surface area contributed by atoms with Crippen LogP contribution in [0.25, 0.3) is 0 Å². The van der Waals surface area contributed by atoms with Gasteiger partial charge >= 0.3 is 5.97 Å². The molecule has 0 spiro atoms. The Labute approximate surface area is 151 Å². The molecule has 0 bridgehead atoms. The molecule has 0 amide bonds. The Morgan fingerprint density at radius 2 is 1.28 bits per heavy atom. The molecule has 0 saturated heterocycles. The van der Waals surface area contributed by atoms with E-state index in [2.05, 4.69) is 6.58 Å². The van der Waals surface area contributed by atoms with Gasteiger partial charge in [-0.05, 0) is 6.92 Å². The zero-order chi connectivity index (χ0) is 20.2. The van der Waals surface area contributed by atoms with Crippen molar-refractivity contribution in [1.82, 2.24) is 0 Å². The van der Waals surface area contributed by atoms with E-state index in [-0.39, 0.29) is 18.8 Å². The average Bonchev–Trinajstić information content (AvgIpc) is 2.56. The van der Waals surface area contributed by atoms with Gasteiger partial charge in [0.15, 0.2) is 0 Å². The maximum absolute atomic E-state index is 12.1. The van der Waals surface area contributed by atoms with Crippen molar-refractivity contribution in [2.45, 2.75) is 66.8 Å². The van der Waals surface area contributed by atoms with E-state index in [1.807, 2.05) is 0 Å². The van der Waals surface area contributed by atoms with Crippen molar-refractivity contribution in [3.63, 3.8) is 0 Å². The van der Waals surface area contributed by atoms with E-state index in [1.165, 1.54) is 6.92 Å². The fourth-order valence-corrected chi connectivity index (χ4v) is 2.89. The molecule has 0 fully saturated rings. The highest BCUT2D eigenvalue weighted by atomic mass is 16.5. The summed E-state index contributed by atoms with van der Waals surface area (Å²) in [5, 5.41) is 40.3. The van der Waals surface area contributed by atoms with E-state index >= 15 is 0 Å². The van der Waals surface area contributed by atoms with Crippen LogP contribution in [0, 0.1) is 22.7 Å². The summed E-state index contributed by atoms with van der Waals surface area (Å²) >= 11 is 0. The Bertz CT molecular complexity index is 429. The molecule has 148 valence electrons. The molecule has 0 aromatic rings. The second-order valence-corrected chi connectivity index (χ2v) is 8.55. The van der Waals surface area contributed by atoms with Crippen LogP contribution in [0.3, 0.4) is 0 Å². The Balaban J connectivity index is 5.70. The smallest absolute Gasteiger partial charge is 0.333 e. The lowest BCUT2D eigenvalue weighted by Gasteiger charge is -2.42. The van der Waals surface area contributed by atoms with Crippen molar-refractivity contribution in [3.05, 3.63) is 12.2 Å². The average molecular weight is 360 g/mol. The number of carbonyl (C=O) groups excluding carboxylic acids is 1. The minimum Gasteiger partial charge on any atom is -0.458 e. The molecule has 0 aromatic carbocycles. The van der Waals surface area contributed by atoms with Gasteiger partial charge in [0.05, 0.1) is 25.4 Å². The molecule has 0 rings (SSSR count). The zero-order valence-electron chi connectivity index (χ0n) is 16.6. The van der Waals surface area contributed by atoms with Crippen LogP contribution in [0.15, 0.2) is 12.2 Å². The fourth-order valence-electron chi connectivity index (χ4n) is 2.89. The molecule has 0 heterocycles. The van der Waals surface area contributed by atoms with Gasteiger partial charge in [0.25, 0.3) is 0 Å². The van der Waals surface area contributed by atoms with Crippen LogP contribution < -0.4 is 0 Å². The van der Waals surface area contributed by atoms with Gasteiger partial charge in [0, 0.05) is 28.2 Å². The molecule has 0 aliphatic heterocycles. The Morgan fingerprint density at radius 3 is 1.52 bits per heavy atom. The SMILES string of the molecule is C=C(C)C(=O)OC(C(C)C(O)C(C)(C)CO)C(C)C(O)C(C)(C)CO. The number of rotatable bonds is 10. The van der Waals surface area contributed by atoms with Gasteiger partial charge in [-0.15, -0.1) is 0 Å². The van der Waals surface area contributed by atoms with E-state index in [0.29, 0.717) is 0 Å². The minimum absolute atomic E-state index is 0.219. The third kappa shape index (κ3) is 6.06. The van der Waals surface area contributed by atoms with Crippen LogP contribution in [-0.4, -0.2) is 57.9 Å². The largest absolute Gasteiger partial charge is 0.458 e. The van der Waals surface area contributed by atoms with Crippen LogP contribution in [0.1, 0.15) is 48.5 Å². The van der Waals surface area contributed by atoms with Crippen molar-refractivity contribution in [1.29, 1.82) is 0 Å². The summed E-state index contributed by atoms with van der Waals surface area (Å²) < 4.78 is 5.54. The first-order valence-corrected chi connectivity index (χ1v) is 8.67. The van der Waals surface area contributed by atoms with Gasteiger partial charge in [0.1, 0.15) is 6.10 Å². The van der Waals surface area contributed by atoms with Crippen LogP contribution in [0.5, 0.6) is 0 Å². The van der Waals surface area contributed by atoms with E-state index in [0.717, 1.165) is 0 Å². The number of carbonyl (C=O) groups is 1. The molecular weight excluding hydrogens is 324 g/mol. The molecule has 6 heteroatoms. The molecule has 0 aliphatic rings. The molecule has 0 saturated carbocycles. The van der Waals surface area contributed by atoms with Crippen LogP contribution in [-0.2, 0) is 9.53 Å². The van der Waals surface area contributed by atoms with Crippen molar-refractivity contribution >= 4 is 5.97 Å². The summed E-state index contributed by atoms with van der Waals surface area (Å²) in [6.07, 6.45) is -2.74. The highest BCUT2D eigenvalue weighted by Gasteiger charge is 2.44. The summed E-state index contributed by atoms with van der Waals surface area (Å²) in [4.78, 5) is 12.1. The summed E-state index contributed by atoms with van der Waals surface area (Å²) in [5.74, 6) is -1.71. The monoisotopic (exact) mass is 360 g/mol. The maximum atomic E-state index is 12.1. The summed E-state index contributed by atoms with van der Waals surface area (Å²) in [5.41, 5.74) is -1.38. The van der Waals surface area contributed by atoms with Gasteiger partial charge in [-0.2, -0.15) is 0 Å². The summed E-state index contributed by atoms with van der Waals surface area (Å²) in [7, 11) is 0. The predicted octanol–water partition coefficient (Wildman–Crippen LogP) is 1.51. The van der Waals surface area contributed by atoms with E-state index < -0.39 is 46.9 Å². The first-order valence-electron chi connectivity index (χ1n) is 8.67. The minimum atomic E-state index is -0.965. The Morgan fingerprint density at radius 1 is 0.960 bits per heavy atom. The molecule has 0 aliphatic carbocycles. The standard InChI is InChI=1S/C19H36O6/c1-11(2)17(24)25-14(12(3)15(22)18(5,6)9-20)13(4)16(23)19(7,8)10-21/h12-16,20-23H,1,9-10H2,2-8H3. The van der Waals surface area contributed by atoms with Crippen LogP contribution in [0.2, 0.25) is 0 Å². The molecule has 0 aromatic heterocycles. The molecule has 4 atom stereocenters. The summed E-state index contributed by atoms with van der Waals surface area (Å²) in [6, 6.07) is 0. The molecule has 4 N–H and O–H groups in total. The normalized spacial score (nSPS) is 18.8. The predicted molar refractivity (Wildman–Crippen MR) is 96.8 cm³/mol. The number of esters is 1. The highest BCUT2D eigenvalue weighted by Crippen LogP contribution is 2.35. The maximum Gasteiger partial charge on any atom is 0.333 e. The lowest BCUT2D eigenvalue weighted by molar-refractivity contribution is -0.165. The highest BCUT2D eigenvalue weighted by molar-refractivity contribution is 5.87. The third-order valence-corrected chi connectivity index (χ3v) is 5.04. The van der Waals surface area contributed by atoms with Crippen LogP contribution in [0.4, 0.5) is 0 Å². The summed E-state index contributed by atoms with van der Waals surface area (Å²) in [6.45, 7) is 14.9. The topological polar surface area (TPSA) is 107 Å². The Kier molecular flexibility index (Phi) is 8.78. The molecule has 25 heavy (non-hydrogen) atoms. The zero-order valence-corrected chi connectivity index (χ0v) is 16.6. The quantitative estimate of drug-likeness (QED) is 0.347. The first-order chi connectivity index (χ1) is 11.2. The van der Waals surface area contributed by atoms with Crippen molar-refractivity contribution < 1.29 is 30.0 Å². The van der Waals surface area contributed by atoms with Gasteiger partial charge < -0.3 is 25.2 Å². The Hall–Kier alpha value is -0.950. The van der Waals surface area contributed by atoms with Gasteiger partial charge in [-0.3, -0.25) is 0 Å². The van der Waals surface area contributed by atoms with Gasteiger partial charge in [0.2, 0.25) is 0 Å². The van der Waals surface area contributed by atoms with E-state index in [1.54, 1.807) is 41.5 Å². The fraction of sp³-hybridized carbons (Fsp3) is 0.842. The molecule has 6 nitrogen and oxygen atoms in total. The first kappa shape index (κ1) is 24.1. The molecule has 4 unspecified atom stereocenters. The van der Waals surface area contributed by atoms with E-state index in [9.17, 15) is 25.2 Å². The number of hydrogen-bond donors (Lipinski definition) is 4. The number of hydrogen-bond acceptors (Lipinski definition) is 6. The van der Waals surface area contributed by atoms with Crippen molar-refractivity contribution in [2.24, 2.45) is 22.7 Å². The lowest BCUT2D eigenvalue weighted by atomic mass is 9.72. The van der Waals surface area contributed by atoms with Gasteiger partial charge in [-0.25, -0.2) is 4.79 Å². The second kappa shape index (κ2) is 9.12. The second-order valence-electron chi connectivity index (χ2n) is 8.55. The van der Waals surface area contributed by atoms with E-state index in [4.69, 9.17) is 4.74 Å². The number of aliphatic hydroxyl groups is 4. The number of aliphatic hydroxyl groups excluding tert-OH is 4. The van der Waals surface area contributed by atoms with Crippen molar-refractivity contribution in [2.75, 3.05) is 13.2 Å². The molecule has 0 radical (unpaired) electrons. The number of ether oxygens (including phenoxy) is 1. The lowest BCUT2D eigenvalue weighted by Crippen LogP contribution is -2.50. The third-order valence-electron chi connectivity index (χ3n) is 5.04. The van der Waals surface area contributed by atoms with Gasteiger partial charge in [-0.1, -0.05) is 48.1 Å².